The highest BCUT2D eigenvalue weighted by Gasteiger charge is 2.69. The van der Waals surface area contributed by atoms with Crippen LogP contribution in [0, 0.1) is 28.6 Å². The molecule has 6 rings (SSSR count). The Morgan fingerprint density at radius 2 is 1.74 bits per heavy atom. The lowest BCUT2D eigenvalue weighted by Crippen LogP contribution is -2.63. The molecular formula is C28H41F2NO3. The van der Waals surface area contributed by atoms with Crippen LogP contribution in [0.15, 0.2) is 16.6 Å². The number of fused-ring (bicyclic) bond motifs is 5. The van der Waals surface area contributed by atoms with Crippen molar-refractivity contribution in [2.24, 2.45) is 33.6 Å². The number of allylic oxidation sites excluding steroid dienone is 1. The van der Waals surface area contributed by atoms with Crippen molar-refractivity contribution < 1.29 is 23.4 Å². The average molecular weight is 478 g/mol. The quantitative estimate of drug-likeness (QED) is 0.377. The van der Waals surface area contributed by atoms with E-state index in [-0.39, 0.29) is 28.9 Å². The van der Waals surface area contributed by atoms with E-state index >= 15 is 8.78 Å². The van der Waals surface area contributed by atoms with E-state index in [0.29, 0.717) is 37.7 Å². The average Bonchev–Trinajstić information content (AvgIpc) is 3.43. The Bertz CT molecular complexity index is 907. The highest BCUT2D eigenvalue weighted by molar-refractivity contribution is 5.93. The summed E-state index contributed by atoms with van der Waals surface area (Å²) < 4.78 is 43.2. The summed E-state index contributed by atoms with van der Waals surface area (Å²) in [5, 5.41) is 11.1. The fourth-order valence-corrected chi connectivity index (χ4v) is 8.44. The molecule has 6 aliphatic rings. The summed E-state index contributed by atoms with van der Waals surface area (Å²) >= 11 is 0. The van der Waals surface area contributed by atoms with Gasteiger partial charge in [-0.05, 0) is 101 Å². The van der Waals surface area contributed by atoms with Gasteiger partial charge in [0.1, 0.15) is 0 Å². The third-order valence-electron chi connectivity index (χ3n) is 10.9. The second-order valence-corrected chi connectivity index (χ2v) is 13.0. The molecular weight excluding hydrogens is 436 g/mol. The zero-order valence-electron chi connectivity index (χ0n) is 21.0. The third-order valence-corrected chi connectivity index (χ3v) is 10.9. The van der Waals surface area contributed by atoms with Gasteiger partial charge in [0.05, 0.1) is 5.54 Å². The van der Waals surface area contributed by atoms with Crippen LogP contribution in [-0.4, -0.2) is 41.0 Å². The Morgan fingerprint density at radius 1 is 0.971 bits per heavy atom. The fraction of sp³-hybridized carbons (Fsp3) is 0.893. The number of halogens is 2. The first-order valence-electron chi connectivity index (χ1n) is 13.7. The van der Waals surface area contributed by atoms with E-state index < -0.39 is 23.4 Å². The van der Waals surface area contributed by atoms with Gasteiger partial charge in [0.15, 0.2) is 6.29 Å². The highest BCUT2D eigenvalue weighted by Crippen LogP contribution is 2.67. The molecule has 1 saturated heterocycles. The molecule has 0 radical (unpaired) electrons. The number of aliphatic hydroxyl groups is 1. The second-order valence-electron chi connectivity index (χ2n) is 13.0. The molecule has 6 heteroatoms. The fourth-order valence-electron chi connectivity index (χ4n) is 8.44. The van der Waals surface area contributed by atoms with Gasteiger partial charge in [0, 0.05) is 29.7 Å². The summed E-state index contributed by atoms with van der Waals surface area (Å²) in [6, 6.07) is 0. The number of aliphatic imine (C=N–C) groups is 1. The summed E-state index contributed by atoms with van der Waals surface area (Å²) in [6.45, 7) is 7.21. The second kappa shape index (κ2) is 7.58. The van der Waals surface area contributed by atoms with Crippen molar-refractivity contribution in [2.45, 2.75) is 121 Å². The first-order chi connectivity index (χ1) is 16.0. The van der Waals surface area contributed by atoms with Gasteiger partial charge in [-0.3, -0.25) is 4.99 Å². The van der Waals surface area contributed by atoms with Crippen molar-refractivity contribution >= 4 is 5.71 Å². The summed E-state index contributed by atoms with van der Waals surface area (Å²) in [4.78, 5) is 5.23. The summed E-state index contributed by atoms with van der Waals surface area (Å²) in [5.74, 6) is -4.73. The number of ether oxygens (including phenoxy) is 2. The molecule has 0 aromatic heterocycles. The molecule has 0 spiro atoms. The van der Waals surface area contributed by atoms with Gasteiger partial charge in [0.25, 0.3) is 0 Å². The number of alkyl halides is 2. The molecule has 1 aliphatic heterocycles. The lowest BCUT2D eigenvalue weighted by Gasteiger charge is -2.59. The van der Waals surface area contributed by atoms with E-state index in [2.05, 4.69) is 13.8 Å². The van der Waals surface area contributed by atoms with Crippen molar-refractivity contribution in [2.75, 3.05) is 6.61 Å². The van der Waals surface area contributed by atoms with E-state index in [1.165, 1.54) is 18.6 Å². The minimum atomic E-state index is -3.41. The highest BCUT2D eigenvalue weighted by atomic mass is 19.3. The molecule has 34 heavy (non-hydrogen) atoms. The molecule has 0 aromatic carbocycles. The third kappa shape index (κ3) is 3.33. The molecule has 0 aromatic rings. The Balaban J connectivity index is 1.28. The van der Waals surface area contributed by atoms with E-state index in [4.69, 9.17) is 14.5 Å². The molecule has 4 saturated carbocycles. The van der Waals surface area contributed by atoms with Crippen LogP contribution in [-0.2, 0) is 9.47 Å². The maximum Gasteiger partial charge on any atom is 0.322 e. The molecule has 0 amide bonds. The molecule has 0 bridgehead atoms. The number of hydrogen-bond donors (Lipinski definition) is 1. The van der Waals surface area contributed by atoms with Crippen LogP contribution in [0.25, 0.3) is 0 Å². The number of nitrogens with zero attached hydrogens (tertiary/aromatic N) is 1. The van der Waals surface area contributed by atoms with Gasteiger partial charge in [-0.15, -0.1) is 0 Å². The van der Waals surface area contributed by atoms with E-state index in [0.717, 1.165) is 38.5 Å². The molecule has 5 fully saturated rings. The molecule has 5 aliphatic carbocycles. The largest absolute Gasteiger partial charge is 0.360 e. The Kier molecular flexibility index (Phi) is 5.25. The first-order valence-corrected chi connectivity index (χ1v) is 13.7. The maximum absolute atomic E-state index is 16.0. The van der Waals surface area contributed by atoms with Crippen molar-refractivity contribution in [1.82, 2.24) is 0 Å². The summed E-state index contributed by atoms with van der Waals surface area (Å²) in [7, 11) is 0. The van der Waals surface area contributed by atoms with Gasteiger partial charge >= 0.3 is 5.92 Å². The van der Waals surface area contributed by atoms with Crippen molar-refractivity contribution in [3.05, 3.63) is 11.6 Å². The SMILES string of the molecule is CC1(N=C2CC[C@H]3[C@@H]4CC=C5C(F)(F)[C@@](O)(OC6CCCCO6)CC[C@]5(C)[C@H]4CC[C@]23C)CC1. The predicted octanol–water partition coefficient (Wildman–Crippen LogP) is 6.42. The van der Waals surface area contributed by atoms with Crippen LogP contribution in [0.1, 0.15) is 97.8 Å². The minimum Gasteiger partial charge on any atom is -0.360 e. The Morgan fingerprint density at radius 3 is 2.44 bits per heavy atom. The predicted molar refractivity (Wildman–Crippen MR) is 127 cm³/mol. The van der Waals surface area contributed by atoms with Crippen molar-refractivity contribution in [3.8, 4) is 0 Å². The van der Waals surface area contributed by atoms with Crippen LogP contribution in [0.3, 0.4) is 0 Å². The van der Waals surface area contributed by atoms with Crippen LogP contribution in [0.2, 0.25) is 0 Å². The first kappa shape index (κ1) is 23.5. The van der Waals surface area contributed by atoms with E-state index in [1.54, 1.807) is 6.08 Å². The molecule has 1 unspecified atom stereocenters. The zero-order valence-corrected chi connectivity index (χ0v) is 21.0. The van der Waals surface area contributed by atoms with Crippen molar-refractivity contribution in [3.63, 3.8) is 0 Å². The maximum atomic E-state index is 16.0. The van der Waals surface area contributed by atoms with Gasteiger partial charge in [-0.2, -0.15) is 8.78 Å². The summed E-state index contributed by atoms with van der Waals surface area (Å²) in [5.41, 5.74) is 1.20. The number of hydrogen-bond acceptors (Lipinski definition) is 4. The van der Waals surface area contributed by atoms with Gasteiger partial charge in [0.2, 0.25) is 5.79 Å². The van der Waals surface area contributed by atoms with Crippen LogP contribution < -0.4 is 0 Å². The van der Waals surface area contributed by atoms with Gasteiger partial charge in [-0.25, -0.2) is 0 Å². The topological polar surface area (TPSA) is 51.1 Å². The normalized spacial score (nSPS) is 50.2. The Hall–Kier alpha value is -0.850. The monoisotopic (exact) mass is 477 g/mol. The smallest absolute Gasteiger partial charge is 0.322 e. The van der Waals surface area contributed by atoms with Crippen LogP contribution in [0.4, 0.5) is 8.78 Å². The minimum absolute atomic E-state index is 0.0517. The lowest BCUT2D eigenvalue weighted by molar-refractivity contribution is -0.375. The standard InChI is InChI=1S/C28H41F2NO3/c1-24(13-14-24)31-22-10-8-19-18-7-9-21-25(2,20(18)11-12-26(19,22)3)15-16-27(32,28(21,29)30)34-23-6-4-5-17-33-23/h9,18-20,23,32H,4-8,10-17H2,1-3H3/t18-,19-,20-,23?,25+,26-,27-/m0/s1. The van der Waals surface area contributed by atoms with E-state index in [9.17, 15) is 5.11 Å². The molecule has 4 nitrogen and oxygen atoms in total. The van der Waals surface area contributed by atoms with Gasteiger partial charge in [-0.1, -0.05) is 19.9 Å². The van der Waals surface area contributed by atoms with Crippen molar-refractivity contribution in [1.29, 1.82) is 0 Å². The summed E-state index contributed by atoms with van der Waals surface area (Å²) in [6.07, 6.45) is 11.1. The lowest BCUT2D eigenvalue weighted by atomic mass is 9.47. The molecule has 1 heterocycles. The van der Waals surface area contributed by atoms with Crippen LogP contribution in [0.5, 0.6) is 0 Å². The zero-order chi connectivity index (χ0) is 24.0. The molecule has 1 N–H and O–H groups in total. The molecule has 190 valence electrons. The van der Waals surface area contributed by atoms with Crippen LogP contribution >= 0.6 is 0 Å². The van der Waals surface area contributed by atoms with E-state index in [1.807, 2.05) is 6.92 Å². The van der Waals surface area contributed by atoms with Gasteiger partial charge < -0.3 is 14.6 Å². The Labute approximate surface area is 202 Å². The molecule has 7 atom stereocenters. The number of rotatable bonds is 3.